The summed E-state index contributed by atoms with van der Waals surface area (Å²) in [5, 5.41) is 23.5. The van der Waals surface area contributed by atoms with Crippen molar-refractivity contribution in [1.29, 1.82) is 0 Å². The minimum Gasteiger partial charge on any atom is -0.872 e. The molecule has 2 aromatic carbocycles. The average molecular weight is 444 g/mol. The number of nitrogens with one attached hydrogen (secondary N) is 1. The van der Waals surface area contributed by atoms with E-state index >= 15 is 0 Å². The first kappa shape index (κ1) is 22.1. The van der Waals surface area contributed by atoms with Crippen LogP contribution in [-0.4, -0.2) is 27.8 Å². The molecule has 4 rings (SSSR count). The molecule has 1 unspecified atom stereocenters. The van der Waals surface area contributed by atoms with E-state index in [-0.39, 0.29) is 29.5 Å². The molecule has 168 valence electrons. The molecule has 0 spiro atoms. The summed E-state index contributed by atoms with van der Waals surface area (Å²) in [5.74, 6) is -1.54. The molecule has 1 aliphatic heterocycles. The molecule has 0 bridgehead atoms. The van der Waals surface area contributed by atoms with Gasteiger partial charge in [0.25, 0.3) is 5.91 Å². The second-order valence-electron chi connectivity index (χ2n) is 8.11. The van der Waals surface area contributed by atoms with Crippen LogP contribution in [0.5, 0.6) is 11.5 Å². The number of hydrogen-bond donors (Lipinski definition) is 1. The van der Waals surface area contributed by atoms with E-state index in [0.717, 1.165) is 5.56 Å². The van der Waals surface area contributed by atoms with E-state index in [4.69, 9.17) is 4.74 Å². The number of pyridine rings is 1. The molecule has 1 saturated heterocycles. The standard InChI is InChI=1S/C26H24N2O5/c1-16(2)33-21-10-8-18(9-11-21)24(30)22-23(19-6-3-7-20(29)13-19)28(26(32)25(22)31)15-17-5-4-12-27-14-17/h3-14,16,23,29-30H,15H2,1-2H3. The number of nitrogens with zero attached hydrogens (tertiary/aromatic N) is 1. The third kappa shape index (κ3) is 4.57. The number of carbonyl (C=O) groups excluding carboxylic acids is 2. The number of carbonyl (C=O) groups is 2. The number of H-pyrrole nitrogens is 1. The van der Waals surface area contributed by atoms with Gasteiger partial charge in [0, 0.05) is 17.2 Å². The first-order valence-electron chi connectivity index (χ1n) is 10.6. The quantitative estimate of drug-likeness (QED) is 0.357. The highest BCUT2D eigenvalue weighted by Crippen LogP contribution is 2.40. The Kier molecular flexibility index (Phi) is 6.13. The van der Waals surface area contributed by atoms with E-state index in [1.807, 2.05) is 19.9 Å². The van der Waals surface area contributed by atoms with Gasteiger partial charge in [-0.05, 0) is 55.3 Å². The molecule has 0 saturated carbocycles. The van der Waals surface area contributed by atoms with Gasteiger partial charge in [-0.25, -0.2) is 4.98 Å². The predicted molar refractivity (Wildman–Crippen MR) is 119 cm³/mol. The van der Waals surface area contributed by atoms with Crippen LogP contribution in [0.1, 0.15) is 36.6 Å². The molecule has 1 atom stereocenters. The third-order valence-electron chi connectivity index (χ3n) is 5.33. The first-order valence-corrected chi connectivity index (χ1v) is 10.6. The number of phenolic OH excluding ortho intramolecular Hbond substituents is 1. The largest absolute Gasteiger partial charge is 0.872 e. The highest BCUT2D eigenvalue weighted by Gasteiger charge is 2.44. The topological polar surface area (TPSA) is 104 Å². The lowest BCUT2D eigenvalue weighted by atomic mass is 9.95. The minimum atomic E-state index is -0.920. The fourth-order valence-corrected chi connectivity index (χ4v) is 3.91. The number of ether oxygens (including phenoxy) is 1. The van der Waals surface area contributed by atoms with Crippen molar-refractivity contribution in [3.8, 4) is 11.5 Å². The molecule has 0 radical (unpaired) electrons. The van der Waals surface area contributed by atoms with E-state index in [0.29, 0.717) is 11.3 Å². The summed E-state index contributed by atoms with van der Waals surface area (Å²) in [5.41, 5.74) is 1.40. The third-order valence-corrected chi connectivity index (χ3v) is 5.33. The first-order chi connectivity index (χ1) is 15.8. The number of aromatic amines is 1. The summed E-state index contributed by atoms with van der Waals surface area (Å²) in [4.78, 5) is 30.4. The van der Waals surface area contributed by atoms with Crippen LogP contribution in [0.15, 0.2) is 78.6 Å². The number of aromatic nitrogens is 1. The Morgan fingerprint density at radius 1 is 1.12 bits per heavy atom. The molecule has 1 aromatic heterocycles. The van der Waals surface area contributed by atoms with Crippen LogP contribution >= 0.6 is 0 Å². The summed E-state index contributed by atoms with van der Waals surface area (Å²) >= 11 is 0. The van der Waals surface area contributed by atoms with E-state index in [2.05, 4.69) is 4.98 Å². The van der Waals surface area contributed by atoms with Gasteiger partial charge in [-0.1, -0.05) is 30.0 Å². The van der Waals surface area contributed by atoms with Crippen molar-refractivity contribution in [3.63, 3.8) is 0 Å². The fourth-order valence-electron chi connectivity index (χ4n) is 3.91. The van der Waals surface area contributed by atoms with Crippen molar-refractivity contribution in [2.75, 3.05) is 0 Å². The van der Waals surface area contributed by atoms with Gasteiger partial charge >= 0.3 is 0 Å². The molecule has 2 N–H and O–H groups in total. The Balaban J connectivity index is 1.80. The maximum Gasteiger partial charge on any atom is 0.295 e. The number of phenols is 1. The van der Waals surface area contributed by atoms with Gasteiger partial charge in [-0.15, -0.1) is 0 Å². The molecule has 33 heavy (non-hydrogen) atoms. The number of benzene rings is 2. The van der Waals surface area contributed by atoms with Gasteiger partial charge in [0.05, 0.1) is 18.7 Å². The lowest BCUT2D eigenvalue weighted by Crippen LogP contribution is -2.29. The average Bonchev–Trinajstić information content (AvgIpc) is 3.04. The highest BCUT2D eigenvalue weighted by molar-refractivity contribution is 6.46. The molecule has 1 aliphatic rings. The molecule has 3 aromatic rings. The van der Waals surface area contributed by atoms with Crippen molar-refractivity contribution in [1.82, 2.24) is 4.90 Å². The second-order valence-corrected chi connectivity index (χ2v) is 8.11. The van der Waals surface area contributed by atoms with Gasteiger partial charge in [0.1, 0.15) is 11.5 Å². The molecule has 0 aliphatic carbocycles. The Hall–Kier alpha value is -4.13. The highest BCUT2D eigenvalue weighted by atomic mass is 16.5. The zero-order valence-corrected chi connectivity index (χ0v) is 18.3. The summed E-state index contributed by atoms with van der Waals surface area (Å²) in [6, 6.07) is 15.4. The molecular weight excluding hydrogens is 420 g/mol. The predicted octanol–water partition coefficient (Wildman–Crippen LogP) is 2.42. The van der Waals surface area contributed by atoms with Crippen molar-refractivity contribution in [2.45, 2.75) is 32.5 Å². The monoisotopic (exact) mass is 444 g/mol. The van der Waals surface area contributed by atoms with E-state index < -0.39 is 23.5 Å². The van der Waals surface area contributed by atoms with Crippen LogP contribution < -0.4 is 14.8 Å². The molecule has 7 heteroatoms. The Morgan fingerprint density at radius 3 is 2.52 bits per heavy atom. The smallest absolute Gasteiger partial charge is 0.295 e. The maximum absolute atomic E-state index is 13.5. The number of Topliss-reactive ketones (excluding diaryl/α,β-unsaturated/α-hetero) is 1. The van der Waals surface area contributed by atoms with Crippen LogP contribution in [0, 0.1) is 0 Å². The summed E-state index contributed by atoms with van der Waals surface area (Å²) < 4.78 is 5.62. The Labute approximate surface area is 191 Å². The van der Waals surface area contributed by atoms with Gasteiger partial charge < -0.3 is 19.8 Å². The maximum atomic E-state index is 13.5. The van der Waals surface area contributed by atoms with Gasteiger partial charge in [-0.2, -0.15) is 0 Å². The van der Waals surface area contributed by atoms with Gasteiger partial charge in [-0.3, -0.25) is 9.59 Å². The van der Waals surface area contributed by atoms with E-state index in [9.17, 15) is 19.8 Å². The van der Waals surface area contributed by atoms with Gasteiger partial charge in [0.15, 0.2) is 12.4 Å². The number of likely N-dealkylation sites (tertiary alicyclic amines) is 1. The number of hydrogen-bond acceptors (Lipinski definition) is 5. The van der Waals surface area contributed by atoms with Crippen molar-refractivity contribution in [2.24, 2.45) is 0 Å². The number of aromatic hydroxyl groups is 1. The summed E-state index contributed by atoms with van der Waals surface area (Å²) in [6.07, 6.45) is 3.44. The number of ketones is 1. The molecular formula is C26H24N2O5. The lowest BCUT2D eigenvalue weighted by molar-refractivity contribution is -0.378. The minimum absolute atomic E-state index is 0.0192. The second kappa shape index (κ2) is 9.16. The van der Waals surface area contributed by atoms with Crippen LogP contribution in [0.3, 0.4) is 0 Å². The molecule has 2 heterocycles. The van der Waals surface area contributed by atoms with Crippen molar-refractivity contribution >= 4 is 17.4 Å². The summed E-state index contributed by atoms with van der Waals surface area (Å²) in [7, 11) is 0. The number of rotatable bonds is 6. The normalized spacial score (nSPS) is 17.5. The SMILES string of the molecule is CC(C)Oc1ccc(C([O-])=C2C(=O)C(=O)N(Cc3ccc[nH+]c3)C2c2cccc(O)c2)cc1. The van der Waals surface area contributed by atoms with Gasteiger partial charge in [0.2, 0.25) is 5.78 Å². The Morgan fingerprint density at radius 2 is 1.88 bits per heavy atom. The van der Waals surface area contributed by atoms with Crippen LogP contribution in [0.25, 0.3) is 5.76 Å². The fraction of sp³-hybridized carbons (Fsp3) is 0.192. The van der Waals surface area contributed by atoms with E-state index in [1.54, 1.807) is 54.9 Å². The number of amides is 1. The van der Waals surface area contributed by atoms with Crippen molar-refractivity contribution in [3.05, 3.63) is 95.3 Å². The van der Waals surface area contributed by atoms with Crippen LogP contribution in [-0.2, 0) is 16.1 Å². The zero-order chi connectivity index (χ0) is 23.5. The Bertz CT molecular complexity index is 1200. The zero-order valence-electron chi connectivity index (χ0n) is 18.3. The van der Waals surface area contributed by atoms with E-state index in [1.165, 1.54) is 17.0 Å². The van der Waals surface area contributed by atoms with Crippen LogP contribution in [0.2, 0.25) is 0 Å². The molecule has 1 amide bonds. The molecule has 1 fully saturated rings. The lowest BCUT2D eigenvalue weighted by Gasteiger charge is -2.27. The van der Waals surface area contributed by atoms with Crippen molar-refractivity contribution < 1.29 is 29.5 Å². The summed E-state index contributed by atoms with van der Waals surface area (Å²) in [6.45, 7) is 3.92. The van der Waals surface area contributed by atoms with Crippen LogP contribution in [0.4, 0.5) is 0 Å². The molecule has 7 nitrogen and oxygen atoms in total.